The van der Waals surface area contributed by atoms with E-state index in [0.717, 1.165) is 37.3 Å². The molecule has 24 heavy (non-hydrogen) atoms. The molecule has 0 bridgehead atoms. The third kappa shape index (κ3) is 4.08. The van der Waals surface area contributed by atoms with Crippen LogP contribution >= 0.6 is 0 Å². The molecule has 0 saturated carbocycles. The molecule has 1 aliphatic rings. The topological polar surface area (TPSA) is 106 Å². The normalized spacial score (nSPS) is 16.6. The van der Waals surface area contributed by atoms with Gasteiger partial charge in [-0.3, -0.25) is 0 Å². The summed E-state index contributed by atoms with van der Waals surface area (Å²) in [5.41, 5.74) is 2.32. The first-order chi connectivity index (χ1) is 11.7. The highest BCUT2D eigenvalue weighted by molar-refractivity contribution is 5.74. The van der Waals surface area contributed by atoms with E-state index >= 15 is 0 Å². The van der Waals surface area contributed by atoms with E-state index in [4.69, 9.17) is 5.26 Å². The van der Waals surface area contributed by atoms with E-state index in [1.165, 1.54) is 0 Å². The Morgan fingerprint density at radius 2 is 2.00 bits per heavy atom. The van der Waals surface area contributed by atoms with Gasteiger partial charge >= 0.3 is 0 Å². The van der Waals surface area contributed by atoms with E-state index in [9.17, 15) is 0 Å². The number of tetrazole rings is 1. The van der Waals surface area contributed by atoms with Crippen LogP contribution in [0.3, 0.4) is 0 Å². The highest BCUT2D eigenvalue weighted by atomic mass is 15.5. The Kier molecular flexibility index (Phi) is 5.03. The van der Waals surface area contributed by atoms with Crippen molar-refractivity contribution >= 4 is 16.9 Å². The van der Waals surface area contributed by atoms with Gasteiger partial charge in [0.05, 0.1) is 0 Å². The monoisotopic (exact) mass is 324 g/mol. The van der Waals surface area contributed by atoms with Crippen molar-refractivity contribution in [3.05, 3.63) is 36.3 Å². The summed E-state index contributed by atoms with van der Waals surface area (Å²) in [6.45, 7) is 2.27. The summed E-state index contributed by atoms with van der Waals surface area (Å²) in [6.07, 6.45) is 3.90. The minimum absolute atomic E-state index is 0.269. The Labute approximate surface area is 140 Å². The molecule has 0 spiro atoms. The number of hydrogen-bond acceptors (Lipinski definition) is 7. The van der Waals surface area contributed by atoms with Crippen molar-refractivity contribution in [1.29, 1.82) is 5.26 Å². The van der Waals surface area contributed by atoms with Crippen LogP contribution in [0.4, 0.5) is 11.4 Å². The second-order valence-electron chi connectivity index (χ2n) is 5.85. The molecule has 8 nitrogen and oxygen atoms in total. The largest absolute Gasteiger partial charge is 0.382 e. The molecule has 2 aromatic rings. The first kappa shape index (κ1) is 16.0. The van der Waals surface area contributed by atoms with Crippen LogP contribution in [-0.4, -0.2) is 51.7 Å². The molecule has 2 heterocycles. The molecule has 1 aromatic heterocycles. The van der Waals surface area contributed by atoms with Crippen LogP contribution in [0.25, 0.3) is 5.57 Å². The molecule has 1 fully saturated rings. The molecule has 1 aliphatic heterocycles. The number of likely N-dealkylation sites (tertiary alicyclic amines) is 1. The number of aromatic nitrogens is 4. The Morgan fingerprint density at radius 1 is 1.29 bits per heavy atom. The van der Waals surface area contributed by atoms with Gasteiger partial charge in [-0.25, -0.2) is 0 Å². The molecule has 0 atom stereocenters. The fourth-order valence-electron chi connectivity index (χ4n) is 2.63. The van der Waals surface area contributed by atoms with Gasteiger partial charge in [0, 0.05) is 23.6 Å². The highest BCUT2D eigenvalue weighted by Gasteiger charge is 2.15. The number of hydrogen-bond donors (Lipinski definition) is 3. The zero-order chi connectivity index (χ0) is 16.8. The molecule has 0 radical (unpaired) electrons. The third-order valence-corrected chi connectivity index (χ3v) is 4.06. The van der Waals surface area contributed by atoms with Crippen LogP contribution in [-0.2, 0) is 0 Å². The van der Waals surface area contributed by atoms with Crippen molar-refractivity contribution in [3.8, 4) is 6.07 Å². The summed E-state index contributed by atoms with van der Waals surface area (Å²) in [7, 11) is 2.16. The van der Waals surface area contributed by atoms with Crippen LogP contribution in [0.2, 0.25) is 0 Å². The smallest absolute Gasteiger partial charge is 0.216 e. The summed E-state index contributed by atoms with van der Waals surface area (Å²) >= 11 is 0. The molecule has 1 saturated heterocycles. The average Bonchev–Trinajstić information content (AvgIpc) is 3.13. The number of anilines is 2. The van der Waals surface area contributed by atoms with Gasteiger partial charge < -0.3 is 15.5 Å². The molecule has 0 aliphatic carbocycles. The second-order valence-corrected chi connectivity index (χ2v) is 5.85. The maximum atomic E-state index is 9.13. The van der Waals surface area contributed by atoms with Crippen molar-refractivity contribution in [3.63, 3.8) is 0 Å². The van der Waals surface area contributed by atoms with Gasteiger partial charge in [0.2, 0.25) is 5.82 Å². The third-order valence-electron chi connectivity index (χ3n) is 4.06. The predicted molar refractivity (Wildman–Crippen MR) is 92.0 cm³/mol. The van der Waals surface area contributed by atoms with Crippen LogP contribution < -0.4 is 10.6 Å². The Hall–Kier alpha value is -2.92. The number of benzene rings is 1. The van der Waals surface area contributed by atoms with E-state index in [1.54, 1.807) is 6.20 Å². The quantitative estimate of drug-likeness (QED) is 0.719. The van der Waals surface area contributed by atoms with Gasteiger partial charge in [-0.05, 0) is 62.5 Å². The van der Waals surface area contributed by atoms with Crippen molar-refractivity contribution in [2.75, 3.05) is 30.8 Å². The zero-order valence-electron chi connectivity index (χ0n) is 13.5. The predicted octanol–water partition coefficient (Wildman–Crippen LogP) is 1.68. The lowest BCUT2D eigenvalue weighted by atomic mass is 10.1. The lowest BCUT2D eigenvalue weighted by Crippen LogP contribution is -2.36. The van der Waals surface area contributed by atoms with Gasteiger partial charge in [0.15, 0.2) is 0 Å². The van der Waals surface area contributed by atoms with E-state index in [2.05, 4.69) is 43.2 Å². The number of nitrogens with one attached hydrogen (secondary N) is 3. The lowest BCUT2D eigenvalue weighted by Gasteiger charge is -2.30. The average molecular weight is 324 g/mol. The van der Waals surface area contributed by atoms with Crippen LogP contribution in [0, 0.1) is 11.3 Å². The van der Waals surface area contributed by atoms with Crippen molar-refractivity contribution in [2.24, 2.45) is 0 Å². The molecule has 8 heteroatoms. The fraction of sp³-hybridized carbons (Fsp3) is 0.375. The Bertz CT molecular complexity index is 706. The van der Waals surface area contributed by atoms with Gasteiger partial charge in [-0.1, -0.05) is 0 Å². The number of H-pyrrole nitrogens is 1. The molecule has 3 rings (SSSR count). The molecular formula is C16H20N8. The van der Waals surface area contributed by atoms with E-state index in [0.29, 0.717) is 11.6 Å². The number of piperidine rings is 1. The lowest BCUT2D eigenvalue weighted by molar-refractivity contribution is 0.264. The van der Waals surface area contributed by atoms with Gasteiger partial charge in [-0.2, -0.15) is 10.5 Å². The highest BCUT2D eigenvalue weighted by Crippen LogP contribution is 2.19. The SMILES string of the molecule is CN1CCC(Nc2ccc(NC=C(C#N)c3nn[nH]n3)cc2)CC1. The van der Waals surface area contributed by atoms with E-state index in [1.807, 2.05) is 30.3 Å². The van der Waals surface area contributed by atoms with E-state index < -0.39 is 0 Å². The number of aromatic amines is 1. The van der Waals surface area contributed by atoms with Crippen LogP contribution in [0.15, 0.2) is 30.5 Å². The summed E-state index contributed by atoms with van der Waals surface area (Å²) in [5, 5.41) is 29.1. The first-order valence-corrected chi connectivity index (χ1v) is 7.90. The van der Waals surface area contributed by atoms with Gasteiger partial charge in [0.1, 0.15) is 11.6 Å². The number of nitriles is 1. The summed E-state index contributed by atoms with van der Waals surface area (Å²) < 4.78 is 0. The maximum Gasteiger partial charge on any atom is 0.216 e. The fourth-order valence-corrected chi connectivity index (χ4v) is 2.63. The minimum Gasteiger partial charge on any atom is -0.382 e. The van der Waals surface area contributed by atoms with E-state index in [-0.39, 0.29) is 5.82 Å². The summed E-state index contributed by atoms with van der Waals surface area (Å²) in [4.78, 5) is 2.36. The zero-order valence-corrected chi connectivity index (χ0v) is 13.5. The van der Waals surface area contributed by atoms with Crippen LogP contribution in [0.1, 0.15) is 18.7 Å². The molecule has 124 valence electrons. The number of allylic oxidation sites excluding steroid dienone is 1. The van der Waals surface area contributed by atoms with Crippen molar-refractivity contribution < 1.29 is 0 Å². The summed E-state index contributed by atoms with van der Waals surface area (Å²) in [6, 6.07) is 10.6. The molecule has 1 aromatic carbocycles. The molecule has 3 N–H and O–H groups in total. The van der Waals surface area contributed by atoms with Crippen molar-refractivity contribution in [1.82, 2.24) is 25.5 Å². The maximum absolute atomic E-state index is 9.13. The second kappa shape index (κ2) is 7.57. The molecule has 0 amide bonds. The summed E-state index contributed by atoms with van der Waals surface area (Å²) in [5.74, 6) is 0.269. The Balaban J connectivity index is 1.57. The molecule has 0 unspecified atom stereocenters. The Morgan fingerprint density at radius 3 is 2.62 bits per heavy atom. The first-order valence-electron chi connectivity index (χ1n) is 7.90. The molecular weight excluding hydrogens is 304 g/mol. The van der Waals surface area contributed by atoms with Gasteiger partial charge in [0.25, 0.3) is 0 Å². The standard InChI is InChI=1S/C16H20N8/c1-24-8-6-15(7-9-24)19-14-4-2-13(3-5-14)18-11-12(10-17)16-20-22-23-21-16/h2-5,11,15,18-19H,6-9H2,1H3,(H,20,21,22,23). The van der Waals surface area contributed by atoms with Crippen LogP contribution in [0.5, 0.6) is 0 Å². The minimum atomic E-state index is 0.269. The number of nitrogens with zero attached hydrogens (tertiary/aromatic N) is 5. The van der Waals surface area contributed by atoms with Crippen molar-refractivity contribution in [2.45, 2.75) is 18.9 Å². The number of rotatable bonds is 5. The van der Waals surface area contributed by atoms with Gasteiger partial charge in [-0.15, -0.1) is 10.2 Å².